The summed E-state index contributed by atoms with van der Waals surface area (Å²) in [6, 6.07) is 8.28. The lowest BCUT2D eigenvalue weighted by Crippen LogP contribution is -2.02. The second-order valence-corrected chi connectivity index (χ2v) is 3.91. The van der Waals surface area contributed by atoms with Gasteiger partial charge in [0.15, 0.2) is 0 Å². The standard InChI is InChI=1S/C12H14O/c1-9-3-2-4-11(7-9)12(8-13)10-5-6-10/h2-4,7-8,10,12H,5-6H2,1H3. The van der Waals surface area contributed by atoms with E-state index in [2.05, 4.69) is 25.1 Å². The van der Waals surface area contributed by atoms with Gasteiger partial charge in [-0.3, -0.25) is 0 Å². The summed E-state index contributed by atoms with van der Waals surface area (Å²) in [4.78, 5) is 10.9. The molecule has 1 aromatic carbocycles. The molecule has 0 spiro atoms. The van der Waals surface area contributed by atoms with E-state index in [-0.39, 0.29) is 5.92 Å². The van der Waals surface area contributed by atoms with E-state index in [4.69, 9.17) is 0 Å². The van der Waals surface area contributed by atoms with Gasteiger partial charge in [-0.25, -0.2) is 0 Å². The third kappa shape index (κ3) is 1.80. The molecule has 0 bridgehead atoms. The van der Waals surface area contributed by atoms with Gasteiger partial charge in [-0.15, -0.1) is 0 Å². The third-order valence-electron chi connectivity index (χ3n) is 2.70. The molecule has 1 saturated carbocycles. The molecule has 0 heterocycles. The maximum atomic E-state index is 10.9. The number of carbonyl (C=O) groups excluding carboxylic acids is 1. The SMILES string of the molecule is Cc1cccc(C(C=O)C2CC2)c1. The largest absolute Gasteiger partial charge is 0.303 e. The first-order valence-corrected chi connectivity index (χ1v) is 4.83. The number of hydrogen-bond acceptors (Lipinski definition) is 1. The van der Waals surface area contributed by atoms with Gasteiger partial charge in [-0.1, -0.05) is 29.8 Å². The van der Waals surface area contributed by atoms with E-state index in [9.17, 15) is 4.79 Å². The highest BCUT2D eigenvalue weighted by molar-refractivity contribution is 5.63. The van der Waals surface area contributed by atoms with Gasteiger partial charge in [-0.05, 0) is 31.2 Å². The molecule has 1 nitrogen and oxygen atoms in total. The Bertz CT molecular complexity index is 313. The Morgan fingerprint density at radius 1 is 1.46 bits per heavy atom. The van der Waals surface area contributed by atoms with Crippen molar-refractivity contribution in [1.29, 1.82) is 0 Å². The molecule has 0 amide bonds. The quantitative estimate of drug-likeness (QED) is 0.644. The Hall–Kier alpha value is -1.11. The number of hydrogen-bond donors (Lipinski definition) is 0. The van der Waals surface area contributed by atoms with Crippen LogP contribution in [0, 0.1) is 12.8 Å². The minimum absolute atomic E-state index is 0.153. The maximum absolute atomic E-state index is 10.9. The predicted octanol–water partition coefficient (Wildman–Crippen LogP) is 2.69. The molecule has 0 N–H and O–H groups in total. The molecule has 1 fully saturated rings. The van der Waals surface area contributed by atoms with E-state index in [0.717, 1.165) is 6.29 Å². The Balaban J connectivity index is 2.26. The van der Waals surface area contributed by atoms with Crippen molar-refractivity contribution < 1.29 is 4.79 Å². The van der Waals surface area contributed by atoms with Crippen molar-refractivity contribution in [3.63, 3.8) is 0 Å². The first-order chi connectivity index (χ1) is 6.31. The first-order valence-electron chi connectivity index (χ1n) is 4.83. The van der Waals surface area contributed by atoms with Gasteiger partial charge in [0.05, 0.1) is 0 Å². The highest BCUT2D eigenvalue weighted by Crippen LogP contribution is 2.41. The van der Waals surface area contributed by atoms with Crippen LogP contribution >= 0.6 is 0 Å². The Morgan fingerprint density at radius 3 is 2.77 bits per heavy atom. The molecule has 68 valence electrons. The zero-order valence-electron chi connectivity index (χ0n) is 7.86. The molecular formula is C12H14O. The lowest BCUT2D eigenvalue weighted by atomic mass is 9.95. The van der Waals surface area contributed by atoms with Crippen LogP contribution in [0.15, 0.2) is 24.3 Å². The molecule has 13 heavy (non-hydrogen) atoms. The summed E-state index contributed by atoms with van der Waals surface area (Å²) in [6.45, 7) is 2.07. The van der Waals surface area contributed by atoms with Crippen molar-refractivity contribution in [1.82, 2.24) is 0 Å². The van der Waals surface area contributed by atoms with Crippen LogP contribution in [0.3, 0.4) is 0 Å². The molecule has 1 aromatic rings. The number of carbonyl (C=O) groups is 1. The fourth-order valence-corrected chi connectivity index (χ4v) is 1.79. The zero-order chi connectivity index (χ0) is 9.26. The summed E-state index contributed by atoms with van der Waals surface area (Å²) >= 11 is 0. The van der Waals surface area contributed by atoms with Gasteiger partial charge >= 0.3 is 0 Å². The van der Waals surface area contributed by atoms with Crippen LogP contribution < -0.4 is 0 Å². The number of benzene rings is 1. The van der Waals surface area contributed by atoms with Crippen LogP contribution in [0.5, 0.6) is 0 Å². The van der Waals surface area contributed by atoms with E-state index >= 15 is 0 Å². The van der Waals surface area contributed by atoms with Gasteiger partial charge in [0.25, 0.3) is 0 Å². The van der Waals surface area contributed by atoms with Crippen molar-refractivity contribution in [2.45, 2.75) is 25.7 Å². The van der Waals surface area contributed by atoms with Gasteiger partial charge < -0.3 is 4.79 Å². The number of aldehydes is 1. The molecule has 0 saturated heterocycles. The zero-order valence-corrected chi connectivity index (χ0v) is 7.86. The fraction of sp³-hybridized carbons (Fsp3) is 0.417. The Kier molecular flexibility index (Phi) is 2.17. The van der Waals surface area contributed by atoms with Crippen LogP contribution in [-0.4, -0.2) is 6.29 Å². The van der Waals surface area contributed by atoms with Crippen molar-refractivity contribution in [2.75, 3.05) is 0 Å². The van der Waals surface area contributed by atoms with E-state index in [0.29, 0.717) is 5.92 Å². The molecule has 1 atom stereocenters. The van der Waals surface area contributed by atoms with Crippen LogP contribution in [0.1, 0.15) is 29.9 Å². The summed E-state index contributed by atoms with van der Waals surface area (Å²) in [5.74, 6) is 0.777. The van der Waals surface area contributed by atoms with E-state index in [1.54, 1.807) is 0 Å². The topological polar surface area (TPSA) is 17.1 Å². The van der Waals surface area contributed by atoms with Gasteiger partial charge in [0.1, 0.15) is 6.29 Å². The average Bonchev–Trinajstić information content (AvgIpc) is 2.90. The van der Waals surface area contributed by atoms with E-state index in [1.807, 2.05) is 6.07 Å². The number of rotatable bonds is 3. The van der Waals surface area contributed by atoms with Crippen LogP contribution in [-0.2, 0) is 4.79 Å². The highest BCUT2D eigenvalue weighted by atomic mass is 16.1. The smallest absolute Gasteiger partial charge is 0.127 e. The minimum atomic E-state index is 0.153. The van der Waals surface area contributed by atoms with Crippen LogP contribution in [0.2, 0.25) is 0 Å². The monoisotopic (exact) mass is 174 g/mol. The molecule has 1 aliphatic rings. The summed E-state index contributed by atoms with van der Waals surface area (Å²) < 4.78 is 0. The molecule has 1 aliphatic carbocycles. The summed E-state index contributed by atoms with van der Waals surface area (Å²) in [6.07, 6.45) is 3.54. The van der Waals surface area contributed by atoms with Crippen molar-refractivity contribution >= 4 is 6.29 Å². The first kappa shape index (κ1) is 8.49. The maximum Gasteiger partial charge on any atom is 0.127 e. The summed E-state index contributed by atoms with van der Waals surface area (Å²) in [5.41, 5.74) is 2.43. The molecule has 0 aliphatic heterocycles. The third-order valence-corrected chi connectivity index (χ3v) is 2.70. The molecule has 0 radical (unpaired) electrons. The molecule has 2 rings (SSSR count). The van der Waals surface area contributed by atoms with Crippen molar-refractivity contribution in [3.05, 3.63) is 35.4 Å². The second kappa shape index (κ2) is 3.33. The van der Waals surface area contributed by atoms with Crippen molar-refractivity contribution in [2.24, 2.45) is 5.92 Å². The molecule has 0 aromatic heterocycles. The lowest BCUT2D eigenvalue weighted by Gasteiger charge is -2.09. The molecule has 1 unspecified atom stereocenters. The average molecular weight is 174 g/mol. The van der Waals surface area contributed by atoms with Gasteiger partial charge in [0.2, 0.25) is 0 Å². The predicted molar refractivity (Wildman–Crippen MR) is 52.7 cm³/mol. The molecular weight excluding hydrogens is 160 g/mol. The van der Waals surface area contributed by atoms with Gasteiger partial charge in [-0.2, -0.15) is 0 Å². The minimum Gasteiger partial charge on any atom is -0.303 e. The van der Waals surface area contributed by atoms with Crippen molar-refractivity contribution in [3.8, 4) is 0 Å². The lowest BCUT2D eigenvalue weighted by molar-refractivity contribution is -0.109. The van der Waals surface area contributed by atoms with E-state index < -0.39 is 0 Å². The Labute approximate surface area is 78.8 Å². The van der Waals surface area contributed by atoms with Crippen LogP contribution in [0.25, 0.3) is 0 Å². The highest BCUT2D eigenvalue weighted by Gasteiger charge is 2.31. The fourth-order valence-electron chi connectivity index (χ4n) is 1.79. The van der Waals surface area contributed by atoms with E-state index in [1.165, 1.54) is 24.0 Å². The van der Waals surface area contributed by atoms with Crippen LogP contribution in [0.4, 0.5) is 0 Å². The second-order valence-electron chi connectivity index (χ2n) is 3.91. The summed E-state index contributed by atoms with van der Waals surface area (Å²) in [7, 11) is 0. The Morgan fingerprint density at radius 2 is 2.23 bits per heavy atom. The van der Waals surface area contributed by atoms with Gasteiger partial charge in [0, 0.05) is 5.92 Å². The molecule has 1 heteroatoms. The number of aryl methyl sites for hydroxylation is 1. The summed E-state index contributed by atoms with van der Waals surface area (Å²) in [5, 5.41) is 0. The normalized spacial score (nSPS) is 18.2.